The Bertz CT molecular complexity index is 573. The summed E-state index contributed by atoms with van der Waals surface area (Å²) in [4.78, 5) is 0. The van der Waals surface area contributed by atoms with Crippen LogP contribution < -0.4 is 16.0 Å². The summed E-state index contributed by atoms with van der Waals surface area (Å²) in [6.45, 7) is 2.57. The van der Waals surface area contributed by atoms with Crippen LogP contribution in [0.4, 0.5) is 8.78 Å². The van der Waals surface area contributed by atoms with Crippen LogP contribution in [0, 0.1) is 11.6 Å². The number of methoxy groups -OCH3 is 1. The lowest BCUT2D eigenvalue weighted by atomic mass is 10.0. The summed E-state index contributed by atoms with van der Waals surface area (Å²) in [5.74, 6) is 4.95. The molecule has 1 atom stereocenters. The van der Waals surface area contributed by atoms with Gasteiger partial charge in [0.15, 0.2) is 5.75 Å². The van der Waals surface area contributed by atoms with E-state index < -0.39 is 11.6 Å². The van der Waals surface area contributed by atoms with Gasteiger partial charge in [0, 0.05) is 12.6 Å². The van der Waals surface area contributed by atoms with Gasteiger partial charge in [0.1, 0.15) is 11.6 Å². The van der Waals surface area contributed by atoms with Gasteiger partial charge in [0.2, 0.25) is 0 Å². The normalized spacial score (nSPS) is 12.4. The summed E-state index contributed by atoms with van der Waals surface area (Å²) in [6.07, 6.45) is 1.91. The SMILES string of the molecule is CCn1ncc(OC)c1C(Cc1cc(F)cc(F)c1)NN. The number of nitrogens with one attached hydrogen (secondary N) is 1. The van der Waals surface area contributed by atoms with Gasteiger partial charge in [-0.25, -0.2) is 8.78 Å². The molecule has 1 heterocycles. The number of nitrogens with zero attached hydrogens (tertiary/aromatic N) is 2. The maximum absolute atomic E-state index is 13.3. The highest BCUT2D eigenvalue weighted by atomic mass is 19.1. The molecule has 114 valence electrons. The van der Waals surface area contributed by atoms with Crippen molar-refractivity contribution in [2.45, 2.75) is 25.9 Å². The van der Waals surface area contributed by atoms with Crippen molar-refractivity contribution in [2.75, 3.05) is 7.11 Å². The first-order valence-corrected chi connectivity index (χ1v) is 6.59. The quantitative estimate of drug-likeness (QED) is 0.631. The van der Waals surface area contributed by atoms with Crippen molar-refractivity contribution in [1.29, 1.82) is 0 Å². The van der Waals surface area contributed by atoms with E-state index in [1.807, 2.05) is 6.92 Å². The van der Waals surface area contributed by atoms with Crippen LogP contribution >= 0.6 is 0 Å². The largest absolute Gasteiger partial charge is 0.493 e. The van der Waals surface area contributed by atoms with Crippen LogP contribution in [-0.4, -0.2) is 16.9 Å². The first kappa shape index (κ1) is 15.4. The van der Waals surface area contributed by atoms with Crippen LogP contribution in [0.15, 0.2) is 24.4 Å². The Morgan fingerprint density at radius 1 is 1.33 bits per heavy atom. The first-order valence-electron chi connectivity index (χ1n) is 6.59. The van der Waals surface area contributed by atoms with E-state index in [4.69, 9.17) is 10.6 Å². The zero-order valence-electron chi connectivity index (χ0n) is 11.9. The lowest BCUT2D eigenvalue weighted by Gasteiger charge is -2.18. The fourth-order valence-electron chi connectivity index (χ4n) is 2.34. The predicted molar refractivity (Wildman–Crippen MR) is 74.6 cm³/mol. The van der Waals surface area contributed by atoms with E-state index >= 15 is 0 Å². The molecule has 1 aromatic heterocycles. The molecule has 1 unspecified atom stereocenters. The average Bonchev–Trinajstić information content (AvgIpc) is 2.86. The molecular weight excluding hydrogens is 278 g/mol. The molecule has 2 aromatic rings. The van der Waals surface area contributed by atoms with Crippen molar-refractivity contribution >= 4 is 0 Å². The van der Waals surface area contributed by atoms with Gasteiger partial charge >= 0.3 is 0 Å². The minimum atomic E-state index is -0.614. The minimum absolute atomic E-state index is 0.313. The lowest BCUT2D eigenvalue weighted by Crippen LogP contribution is -2.31. The Balaban J connectivity index is 2.33. The summed E-state index contributed by atoms with van der Waals surface area (Å²) in [7, 11) is 1.54. The van der Waals surface area contributed by atoms with Gasteiger partial charge in [0.25, 0.3) is 0 Å². The molecule has 21 heavy (non-hydrogen) atoms. The Morgan fingerprint density at radius 3 is 2.52 bits per heavy atom. The van der Waals surface area contributed by atoms with Crippen molar-refractivity contribution in [3.63, 3.8) is 0 Å². The van der Waals surface area contributed by atoms with E-state index in [2.05, 4.69) is 10.5 Å². The Morgan fingerprint density at radius 2 is 2.00 bits per heavy atom. The van der Waals surface area contributed by atoms with Crippen molar-refractivity contribution in [2.24, 2.45) is 5.84 Å². The number of aromatic nitrogens is 2. The topological polar surface area (TPSA) is 65.1 Å². The van der Waals surface area contributed by atoms with E-state index in [9.17, 15) is 8.78 Å². The summed E-state index contributed by atoms with van der Waals surface area (Å²) in [5.41, 5.74) is 3.90. The molecule has 7 heteroatoms. The van der Waals surface area contributed by atoms with Gasteiger partial charge in [0.05, 0.1) is 25.0 Å². The molecule has 0 amide bonds. The highest BCUT2D eigenvalue weighted by Gasteiger charge is 2.21. The summed E-state index contributed by atoms with van der Waals surface area (Å²) < 4.78 is 33.6. The second-order valence-electron chi connectivity index (χ2n) is 4.62. The molecule has 2 rings (SSSR count). The Kier molecular flexibility index (Phi) is 4.87. The fraction of sp³-hybridized carbons (Fsp3) is 0.357. The maximum atomic E-state index is 13.3. The van der Waals surface area contributed by atoms with Crippen LogP contribution in [0.25, 0.3) is 0 Å². The highest BCUT2D eigenvalue weighted by molar-refractivity contribution is 5.30. The van der Waals surface area contributed by atoms with Crippen LogP contribution in [0.3, 0.4) is 0 Å². The second-order valence-corrected chi connectivity index (χ2v) is 4.62. The van der Waals surface area contributed by atoms with Gasteiger partial charge in [-0.15, -0.1) is 0 Å². The van der Waals surface area contributed by atoms with Crippen LogP contribution in [0.1, 0.15) is 24.2 Å². The number of hydrazine groups is 1. The smallest absolute Gasteiger partial charge is 0.161 e. The molecule has 0 radical (unpaired) electrons. The van der Waals surface area contributed by atoms with E-state index in [0.717, 1.165) is 11.8 Å². The van der Waals surface area contributed by atoms with Gasteiger partial charge in [-0.05, 0) is 31.0 Å². The third kappa shape index (κ3) is 3.37. The third-order valence-corrected chi connectivity index (χ3v) is 3.26. The second kappa shape index (κ2) is 6.64. The standard InChI is InChI=1S/C14H18F2N4O/c1-3-20-14(13(21-2)8-18-20)12(19-17)6-9-4-10(15)7-11(16)5-9/h4-5,7-8,12,19H,3,6,17H2,1-2H3. The number of aryl methyl sites for hydroxylation is 1. The Hall–Kier alpha value is -1.99. The number of benzene rings is 1. The summed E-state index contributed by atoms with van der Waals surface area (Å²) in [5, 5.41) is 4.20. The van der Waals surface area contributed by atoms with Crippen molar-refractivity contribution in [1.82, 2.24) is 15.2 Å². The first-order chi connectivity index (χ1) is 10.1. The van der Waals surface area contributed by atoms with E-state index in [0.29, 0.717) is 24.3 Å². The maximum Gasteiger partial charge on any atom is 0.161 e. The molecule has 1 aromatic carbocycles. The van der Waals surface area contributed by atoms with Crippen molar-refractivity contribution in [3.8, 4) is 5.75 Å². The van der Waals surface area contributed by atoms with Gasteiger partial charge in [-0.1, -0.05) is 0 Å². The zero-order valence-corrected chi connectivity index (χ0v) is 11.9. The van der Waals surface area contributed by atoms with Gasteiger partial charge in [-0.2, -0.15) is 5.10 Å². The summed E-state index contributed by atoms with van der Waals surface area (Å²) >= 11 is 0. The van der Waals surface area contributed by atoms with Crippen LogP contribution in [0.5, 0.6) is 5.75 Å². The average molecular weight is 296 g/mol. The van der Waals surface area contributed by atoms with Gasteiger partial charge < -0.3 is 4.74 Å². The number of ether oxygens (including phenoxy) is 1. The van der Waals surface area contributed by atoms with Crippen molar-refractivity contribution in [3.05, 3.63) is 47.3 Å². The Labute approximate surface area is 121 Å². The number of nitrogens with two attached hydrogens (primary N) is 1. The molecule has 0 saturated heterocycles. The monoisotopic (exact) mass is 296 g/mol. The minimum Gasteiger partial charge on any atom is -0.493 e. The molecule has 0 spiro atoms. The molecular formula is C14H18F2N4O. The zero-order chi connectivity index (χ0) is 15.4. The van der Waals surface area contributed by atoms with E-state index in [1.165, 1.54) is 19.2 Å². The molecule has 0 saturated carbocycles. The molecule has 3 N–H and O–H groups in total. The molecule has 0 fully saturated rings. The molecule has 5 nitrogen and oxygen atoms in total. The highest BCUT2D eigenvalue weighted by Crippen LogP contribution is 2.27. The van der Waals surface area contributed by atoms with Crippen LogP contribution in [0.2, 0.25) is 0 Å². The number of hydrogen-bond donors (Lipinski definition) is 2. The molecule has 0 aliphatic carbocycles. The summed E-state index contributed by atoms with van der Waals surface area (Å²) in [6, 6.07) is 3.04. The van der Waals surface area contributed by atoms with E-state index in [1.54, 1.807) is 10.9 Å². The van der Waals surface area contributed by atoms with E-state index in [-0.39, 0.29) is 6.04 Å². The number of hydrogen-bond acceptors (Lipinski definition) is 4. The molecule has 0 aliphatic heterocycles. The molecule has 0 bridgehead atoms. The van der Waals surface area contributed by atoms with Crippen molar-refractivity contribution < 1.29 is 13.5 Å². The third-order valence-electron chi connectivity index (χ3n) is 3.26. The fourth-order valence-corrected chi connectivity index (χ4v) is 2.34. The lowest BCUT2D eigenvalue weighted by molar-refractivity contribution is 0.391. The number of rotatable bonds is 6. The molecule has 0 aliphatic rings. The van der Waals surface area contributed by atoms with Gasteiger partial charge in [-0.3, -0.25) is 16.0 Å². The predicted octanol–water partition coefficient (Wildman–Crippen LogP) is 1.94. The number of halogens is 2. The van der Waals surface area contributed by atoms with Crippen LogP contribution in [-0.2, 0) is 13.0 Å².